The van der Waals surface area contributed by atoms with Gasteiger partial charge in [0.05, 0.1) is 12.7 Å². The molecule has 136 valence electrons. The number of unbranched alkanes of at least 4 members (excludes halogenated alkanes) is 1. The second-order valence-electron chi connectivity index (χ2n) is 6.53. The minimum Gasteiger partial charge on any atom is -0.374 e. The van der Waals surface area contributed by atoms with Crippen molar-refractivity contribution in [3.8, 4) is 0 Å². The Kier molecular flexibility index (Phi) is 6.93. The van der Waals surface area contributed by atoms with E-state index in [1.54, 1.807) is 0 Å². The molecule has 24 heavy (non-hydrogen) atoms. The highest BCUT2D eigenvalue weighted by molar-refractivity contribution is 6.21. The van der Waals surface area contributed by atoms with Gasteiger partial charge < -0.3 is 4.74 Å². The zero-order valence-electron chi connectivity index (χ0n) is 13.8. The summed E-state index contributed by atoms with van der Waals surface area (Å²) in [6, 6.07) is 1.73. The van der Waals surface area contributed by atoms with Gasteiger partial charge in [-0.3, -0.25) is 0 Å². The van der Waals surface area contributed by atoms with Crippen LogP contribution in [0, 0.1) is 17.6 Å². The molecule has 0 aliphatic heterocycles. The first-order valence-corrected chi connectivity index (χ1v) is 8.85. The molecule has 1 fully saturated rings. The molecule has 6 heteroatoms. The van der Waals surface area contributed by atoms with Crippen molar-refractivity contribution in [2.75, 3.05) is 0 Å². The maximum atomic E-state index is 13.7. The van der Waals surface area contributed by atoms with Crippen LogP contribution in [0.1, 0.15) is 63.0 Å². The van der Waals surface area contributed by atoms with Gasteiger partial charge in [0.25, 0.3) is 0 Å². The van der Waals surface area contributed by atoms with Gasteiger partial charge in [0, 0.05) is 0 Å². The largest absolute Gasteiger partial charge is 0.374 e. The van der Waals surface area contributed by atoms with Crippen molar-refractivity contribution in [3.63, 3.8) is 0 Å². The third kappa shape index (κ3) is 5.35. The Bertz CT molecular complexity index is 513. The first-order valence-electron chi connectivity index (χ1n) is 8.48. The second kappa shape index (κ2) is 8.52. The first kappa shape index (κ1) is 19.5. The molecule has 0 radical (unpaired) electrons. The molecule has 1 nitrogen and oxygen atoms in total. The Hall–Kier alpha value is -0.810. The van der Waals surface area contributed by atoms with E-state index in [1.807, 2.05) is 0 Å². The van der Waals surface area contributed by atoms with Gasteiger partial charge in [-0.1, -0.05) is 26.2 Å². The maximum absolute atomic E-state index is 13.7. The van der Waals surface area contributed by atoms with Crippen LogP contribution in [0.5, 0.6) is 0 Å². The summed E-state index contributed by atoms with van der Waals surface area (Å²) in [5, 5.41) is -4.07. The molecule has 1 aromatic carbocycles. The number of hydrogen-bond donors (Lipinski definition) is 0. The molecule has 0 saturated heterocycles. The molecule has 1 aliphatic rings. The summed E-state index contributed by atoms with van der Waals surface area (Å²) in [4.78, 5) is 0. The lowest BCUT2D eigenvalue weighted by atomic mass is 9.84. The summed E-state index contributed by atoms with van der Waals surface area (Å²) < 4.78 is 59.0. The SMILES string of the molecule is CCCCC1CCC(OCc2cc(F)c(C(F)(F)Cl)c(F)c2)CC1. The topological polar surface area (TPSA) is 9.23 Å². The van der Waals surface area contributed by atoms with E-state index in [1.165, 1.54) is 19.3 Å². The maximum Gasteiger partial charge on any atom is 0.353 e. The third-order valence-corrected chi connectivity index (χ3v) is 4.82. The zero-order valence-corrected chi connectivity index (χ0v) is 14.5. The molecular formula is C18H23ClF4O. The smallest absolute Gasteiger partial charge is 0.353 e. The Labute approximate surface area is 145 Å². The molecule has 1 aliphatic carbocycles. The first-order chi connectivity index (χ1) is 11.3. The zero-order chi connectivity index (χ0) is 17.7. The van der Waals surface area contributed by atoms with Gasteiger partial charge in [0.2, 0.25) is 0 Å². The van der Waals surface area contributed by atoms with Crippen LogP contribution in [0.15, 0.2) is 12.1 Å². The lowest BCUT2D eigenvalue weighted by molar-refractivity contribution is 0.00586. The van der Waals surface area contributed by atoms with Crippen molar-refractivity contribution < 1.29 is 22.3 Å². The van der Waals surface area contributed by atoms with E-state index < -0.39 is 22.6 Å². The van der Waals surface area contributed by atoms with Crippen LogP contribution in [0.2, 0.25) is 0 Å². The van der Waals surface area contributed by atoms with E-state index in [4.69, 9.17) is 16.3 Å². The lowest BCUT2D eigenvalue weighted by Crippen LogP contribution is -2.21. The number of rotatable bonds is 7. The monoisotopic (exact) mass is 366 g/mol. The van der Waals surface area contributed by atoms with Crippen molar-refractivity contribution in [1.29, 1.82) is 0 Å². The molecule has 0 aromatic heterocycles. The normalized spacial score (nSPS) is 21.9. The van der Waals surface area contributed by atoms with Crippen LogP contribution in [-0.2, 0) is 16.7 Å². The summed E-state index contributed by atoms with van der Waals surface area (Å²) in [5.41, 5.74) is -1.22. The van der Waals surface area contributed by atoms with E-state index in [9.17, 15) is 17.6 Å². The van der Waals surface area contributed by atoms with Crippen LogP contribution in [0.4, 0.5) is 17.6 Å². The Morgan fingerprint density at radius 2 is 1.71 bits per heavy atom. The summed E-state index contributed by atoms with van der Waals surface area (Å²) >= 11 is 4.73. The van der Waals surface area contributed by atoms with Gasteiger partial charge in [-0.15, -0.1) is 0 Å². The minimum absolute atomic E-state index is 0.00622. The van der Waals surface area contributed by atoms with Gasteiger partial charge in [0.15, 0.2) is 0 Å². The molecule has 0 amide bonds. The molecule has 1 saturated carbocycles. The standard InChI is InChI=1S/C18H23ClF4O/c1-2-3-4-12-5-7-14(8-6-12)24-11-13-9-15(20)17(16(21)10-13)18(19,22)23/h9-10,12,14H,2-8,11H2,1H3. The number of halogens is 5. The van der Waals surface area contributed by atoms with Crippen LogP contribution in [0.25, 0.3) is 0 Å². The Balaban J connectivity index is 1.87. The summed E-state index contributed by atoms with van der Waals surface area (Å²) in [6.45, 7) is 2.19. The van der Waals surface area contributed by atoms with Crippen molar-refractivity contribution in [2.45, 2.75) is 70.0 Å². The van der Waals surface area contributed by atoms with E-state index in [0.29, 0.717) is 0 Å². The molecule has 1 aromatic rings. The predicted molar refractivity (Wildman–Crippen MR) is 86.2 cm³/mol. The van der Waals surface area contributed by atoms with Gasteiger partial charge in [-0.25, -0.2) is 8.78 Å². The average molecular weight is 367 g/mol. The van der Waals surface area contributed by atoms with E-state index in [2.05, 4.69) is 6.92 Å². The fourth-order valence-electron chi connectivity index (χ4n) is 3.27. The van der Waals surface area contributed by atoms with Gasteiger partial charge in [0.1, 0.15) is 17.2 Å². The molecule has 2 rings (SSSR count). The highest BCUT2D eigenvalue weighted by Gasteiger charge is 2.35. The third-order valence-electron chi connectivity index (χ3n) is 4.63. The lowest BCUT2D eigenvalue weighted by Gasteiger charge is -2.28. The van der Waals surface area contributed by atoms with Crippen LogP contribution >= 0.6 is 11.6 Å². The molecule has 0 heterocycles. The van der Waals surface area contributed by atoms with Crippen LogP contribution < -0.4 is 0 Å². The Morgan fingerprint density at radius 3 is 2.21 bits per heavy atom. The second-order valence-corrected chi connectivity index (χ2v) is 7.00. The van der Waals surface area contributed by atoms with Crippen molar-refractivity contribution in [1.82, 2.24) is 0 Å². The fourth-order valence-corrected chi connectivity index (χ4v) is 3.45. The molecule has 0 unspecified atom stereocenters. The highest BCUT2D eigenvalue weighted by atomic mass is 35.5. The van der Waals surface area contributed by atoms with Crippen LogP contribution in [-0.4, -0.2) is 6.10 Å². The van der Waals surface area contributed by atoms with E-state index in [-0.39, 0.29) is 18.3 Å². The number of benzene rings is 1. The summed E-state index contributed by atoms with van der Waals surface area (Å²) in [7, 11) is 0. The predicted octanol–water partition coefficient (Wildman–Crippen LogP) is 6.52. The van der Waals surface area contributed by atoms with Gasteiger partial charge in [-0.05, 0) is 60.9 Å². The fraction of sp³-hybridized carbons (Fsp3) is 0.667. The highest BCUT2D eigenvalue weighted by Crippen LogP contribution is 2.36. The minimum atomic E-state index is -4.07. The van der Waals surface area contributed by atoms with Crippen molar-refractivity contribution in [2.24, 2.45) is 5.92 Å². The average Bonchev–Trinajstić information content (AvgIpc) is 2.50. The number of ether oxygens (including phenoxy) is 1. The number of hydrogen-bond acceptors (Lipinski definition) is 1. The summed E-state index contributed by atoms with van der Waals surface area (Å²) in [5.74, 6) is -1.96. The van der Waals surface area contributed by atoms with Crippen molar-refractivity contribution >= 4 is 11.6 Å². The molecule has 0 bridgehead atoms. The molecular weight excluding hydrogens is 344 g/mol. The van der Waals surface area contributed by atoms with Gasteiger partial charge >= 0.3 is 5.38 Å². The number of alkyl halides is 3. The van der Waals surface area contributed by atoms with E-state index in [0.717, 1.165) is 43.7 Å². The molecule has 0 atom stereocenters. The molecule has 0 spiro atoms. The Morgan fingerprint density at radius 1 is 1.12 bits per heavy atom. The van der Waals surface area contributed by atoms with Gasteiger partial charge in [-0.2, -0.15) is 8.78 Å². The quantitative estimate of drug-likeness (QED) is 0.394. The van der Waals surface area contributed by atoms with Crippen LogP contribution in [0.3, 0.4) is 0 Å². The van der Waals surface area contributed by atoms with Crippen molar-refractivity contribution in [3.05, 3.63) is 34.9 Å². The summed E-state index contributed by atoms with van der Waals surface area (Å²) in [6.07, 6.45) is 7.80. The van der Waals surface area contributed by atoms with E-state index >= 15 is 0 Å². The molecule has 0 N–H and O–H groups in total.